The van der Waals surface area contributed by atoms with Gasteiger partial charge in [-0.2, -0.15) is 9.97 Å². The van der Waals surface area contributed by atoms with E-state index in [9.17, 15) is 5.11 Å². The fraction of sp³-hybridized carbons (Fsp3) is 0.667. The lowest BCUT2D eigenvalue weighted by Gasteiger charge is -2.37. The summed E-state index contributed by atoms with van der Waals surface area (Å²) in [6, 6.07) is 0. The van der Waals surface area contributed by atoms with Gasteiger partial charge in [0.2, 0.25) is 11.8 Å². The molecule has 1 aliphatic heterocycles. The summed E-state index contributed by atoms with van der Waals surface area (Å²) in [5.41, 5.74) is 6.48. The number of aliphatic hydroxyl groups is 1. The molecule has 3 N–H and O–H groups in total. The van der Waals surface area contributed by atoms with Gasteiger partial charge in [0.1, 0.15) is 12.3 Å². The van der Waals surface area contributed by atoms with Gasteiger partial charge in [-0.15, -0.1) is 0 Å². The number of hydrogen-bond donors (Lipinski definition) is 2. The molecule has 28 heavy (non-hydrogen) atoms. The maximum absolute atomic E-state index is 10.6. The zero-order valence-electron chi connectivity index (χ0n) is 17.2. The van der Waals surface area contributed by atoms with E-state index in [-0.39, 0.29) is 23.3 Å². The van der Waals surface area contributed by atoms with Crippen LogP contribution >= 0.6 is 22.6 Å². The molecule has 0 bridgehead atoms. The van der Waals surface area contributed by atoms with Crippen LogP contribution in [0.15, 0.2) is 6.20 Å². The molecule has 0 aliphatic carbocycles. The summed E-state index contributed by atoms with van der Waals surface area (Å²) in [7, 11) is -0.361. The Labute approximate surface area is 180 Å². The van der Waals surface area contributed by atoms with Crippen molar-refractivity contribution in [3.63, 3.8) is 0 Å². The van der Waals surface area contributed by atoms with E-state index in [1.165, 1.54) is 0 Å². The van der Waals surface area contributed by atoms with Crippen molar-refractivity contribution >= 4 is 47.9 Å². The van der Waals surface area contributed by atoms with Crippen LogP contribution in [0, 0.1) is 3.57 Å². The molecule has 0 spiro atoms. The third-order valence-corrected chi connectivity index (χ3v) is 11.1. The molecular formula is C18H29IN4O4Si. The van der Waals surface area contributed by atoms with Crippen LogP contribution in [0.5, 0.6) is 5.88 Å². The predicted octanol–water partition coefficient (Wildman–Crippen LogP) is 3.30. The van der Waals surface area contributed by atoms with Gasteiger partial charge >= 0.3 is 0 Å². The average Bonchev–Trinajstić information content (AvgIpc) is 3.11. The molecule has 156 valence electrons. The van der Waals surface area contributed by atoms with Crippen molar-refractivity contribution in [2.45, 2.75) is 63.8 Å². The Balaban J connectivity index is 1.82. The fourth-order valence-electron chi connectivity index (χ4n) is 3.00. The highest BCUT2D eigenvalue weighted by molar-refractivity contribution is 14.1. The quantitative estimate of drug-likeness (QED) is 0.461. The number of anilines is 1. The van der Waals surface area contributed by atoms with Gasteiger partial charge in [-0.3, -0.25) is 0 Å². The summed E-state index contributed by atoms with van der Waals surface area (Å²) in [4.78, 5) is 8.53. The monoisotopic (exact) mass is 520 g/mol. The zero-order valence-corrected chi connectivity index (χ0v) is 20.4. The molecule has 0 aromatic carbocycles. The van der Waals surface area contributed by atoms with Gasteiger partial charge in [0, 0.05) is 16.2 Å². The van der Waals surface area contributed by atoms with Crippen LogP contribution in [0.4, 0.5) is 5.95 Å². The van der Waals surface area contributed by atoms with Crippen molar-refractivity contribution in [3.8, 4) is 5.88 Å². The van der Waals surface area contributed by atoms with Crippen LogP contribution in [-0.2, 0) is 9.16 Å². The Kier molecular flexibility index (Phi) is 5.99. The molecule has 3 atom stereocenters. The van der Waals surface area contributed by atoms with Crippen molar-refractivity contribution < 1.29 is 19.0 Å². The van der Waals surface area contributed by atoms with Gasteiger partial charge in [0.25, 0.3) is 0 Å². The second-order valence-electron chi connectivity index (χ2n) is 8.68. The summed E-state index contributed by atoms with van der Waals surface area (Å²) in [6.07, 6.45) is 1.04. The van der Waals surface area contributed by atoms with Crippen LogP contribution in [0.2, 0.25) is 18.1 Å². The molecule has 3 heterocycles. The molecule has 0 radical (unpaired) electrons. The molecule has 0 unspecified atom stereocenters. The van der Waals surface area contributed by atoms with Crippen molar-refractivity contribution in [2.75, 3.05) is 19.5 Å². The highest BCUT2D eigenvalue weighted by atomic mass is 127. The highest BCUT2D eigenvalue weighted by Crippen LogP contribution is 2.39. The Bertz CT molecular complexity index is 867. The molecule has 10 heteroatoms. The van der Waals surface area contributed by atoms with Crippen LogP contribution in [0.1, 0.15) is 33.4 Å². The van der Waals surface area contributed by atoms with E-state index in [1.807, 2.05) is 10.8 Å². The van der Waals surface area contributed by atoms with E-state index in [0.29, 0.717) is 24.6 Å². The Morgan fingerprint density at radius 1 is 1.39 bits per heavy atom. The van der Waals surface area contributed by atoms with Gasteiger partial charge in [0.05, 0.1) is 25.2 Å². The first-order valence-electron chi connectivity index (χ1n) is 9.29. The average molecular weight is 520 g/mol. The molecule has 2 aromatic rings. The summed E-state index contributed by atoms with van der Waals surface area (Å²) in [5, 5.41) is 11.5. The standard InChI is InChI=1S/C18H29IN4O4Si/c1-18(2,3)28(5,6)26-9-12-11(24)7-13(27-12)23-8-10(19)14-15(23)21-17(20)22-16(14)25-4/h8,11-13,24H,7,9H2,1-6H3,(H2,20,21,22)/t11-,12+,13+/m0/s1. The minimum absolute atomic E-state index is 0.105. The summed E-state index contributed by atoms with van der Waals surface area (Å²) >= 11 is 2.21. The first-order chi connectivity index (χ1) is 12.9. The number of nitrogens with zero attached hydrogens (tertiary/aromatic N) is 3. The fourth-order valence-corrected chi connectivity index (χ4v) is 4.78. The molecule has 1 fully saturated rings. The predicted molar refractivity (Wildman–Crippen MR) is 119 cm³/mol. The van der Waals surface area contributed by atoms with Crippen LogP contribution in [0.3, 0.4) is 0 Å². The maximum Gasteiger partial charge on any atom is 0.228 e. The second-order valence-corrected chi connectivity index (χ2v) is 14.6. The molecule has 1 saturated heterocycles. The van der Waals surface area contributed by atoms with Crippen molar-refractivity contribution in [2.24, 2.45) is 0 Å². The van der Waals surface area contributed by atoms with Crippen LogP contribution in [0.25, 0.3) is 11.0 Å². The van der Waals surface area contributed by atoms with E-state index < -0.39 is 14.4 Å². The van der Waals surface area contributed by atoms with Gasteiger partial charge in [-0.25, -0.2) is 0 Å². The smallest absolute Gasteiger partial charge is 0.228 e. The van der Waals surface area contributed by atoms with E-state index in [0.717, 1.165) is 8.96 Å². The molecule has 1 aliphatic rings. The van der Waals surface area contributed by atoms with Gasteiger partial charge in [-0.1, -0.05) is 20.8 Å². The first-order valence-corrected chi connectivity index (χ1v) is 13.3. The second kappa shape index (κ2) is 7.71. The number of ether oxygens (including phenoxy) is 2. The molecule has 0 saturated carbocycles. The van der Waals surface area contributed by atoms with E-state index in [1.54, 1.807) is 7.11 Å². The lowest BCUT2D eigenvalue weighted by atomic mass is 10.2. The number of nitrogen functional groups attached to an aromatic ring is 1. The zero-order chi connectivity index (χ0) is 20.9. The number of hydrogen-bond acceptors (Lipinski definition) is 7. The Hall–Kier alpha value is -0.953. The molecule has 2 aromatic heterocycles. The number of rotatable bonds is 5. The SMILES string of the molecule is COc1nc(N)nc2c1c(I)cn2[C@H]1C[C@H](O)[C@@H](CO[Si](C)(C)C(C)(C)C)O1. The highest BCUT2D eigenvalue weighted by Gasteiger charge is 2.41. The van der Waals surface area contributed by atoms with Crippen LogP contribution in [-0.4, -0.2) is 53.9 Å². The van der Waals surface area contributed by atoms with E-state index in [4.69, 9.17) is 19.6 Å². The lowest BCUT2D eigenvalue weighted by Crippen LogP contribution is -2.43. The largest absolute Gasteiger partial charge is 0.480 e. The molecule has 8 nitrogen and oxygen atoms in total. The van der Waals surface area contributed by atoms with Gasteiger partial charge in [-0.05, 0) is 40.7 Å². The maximum atomic E-state index is 10.6. The minimum Gasteiger partial charge on any atom is -0.480 e. The topological polar surface area (TPSA) is 105 Å². The summed E-state index contributed by atoms with van der Waals surface area (Å²) < 4.78 is 20.6. The molecule has 3 rings (SSSR count). The summed E-state index contributed by atoms with van der Waals surface area (Å²) in [5.74, 6) is 0.568. The lowest BCUT2D eigenvalue weighted by molar-refractivity contribution is -0.0403. The van der Waals surface area contributed by atoms with Gasteiger partial charge < -0.3 is 29.3 Å². The summed E-state index contributed by atoms with van der Waals surface area (Å²) in [6.45, 7) is 11.3. The third-order valence-electron chi connectivity index (χ3n) is 5.73. The molecular weight excluding hydrogens is 491 g/mol. The van der Waals surface area contributed by atoms with Crippen LogP contribution < -0.4 is 10.5 Å². The van der Waals surface area contributed by atoms with Gasteiger partial charge in [0.15, 0.2) is 14.0 Å². The number of aromatic nitrogens is 3. The first kappa shape index (κ1) is 21.7. The number of methoxy groups -OCH3 is 1. The van der Waals surface area contributed by atoms with E-state index >= 15 is 0 Å². The van der Waals surface area contributed by atoms with E-state index in [2.05, 4.69) is 66.4 Å². The Morgan fingerprint density at radius 2 is 2.07 bits per heavy atom. The number of nitrogens with two attached hydrogens (primary N) is 1. The minimum atomic E-state index is -1.92. The van der Waals surface area contributed by atoms with Crippen molar-refractivity contribution in [1.82, 2.24) is 14.5 Å². The number of fused-ring (bicyclic) bond motifs is 1. The Morgan fingerprint density at radius 3 is 2.68 bits per heavy atom. The van der Waals surface area contributed by atoms with Crippen molar-refractivity contribution in [3.05, 3.63) is 9.77 Å². The third kappa shape index (κ3) is 4.02. The number of aliphatic hydroxyl groups excluding tert-OH is 1. The van der Waals surface area contributed by atoms with Crippen molar-refractivity contribution in [1.29, 1.82) is 0 Å². The molecule has 0 amide bonds. The number of halogens is 1. The normalized spacial score (nSPS) is 23.5.